The van der Waals surface area contributed by atoms with E-state index in [2.05, 4.69) is 15.1 Å². The molecule has 1 aromatic heterocycles. The molecule has 146 valence electrons. The molecule has 9 nitrogen and oxygen atoms in total. The molecule has 28 heavy (non-hydrogen) atoms. The second kappa shape index (κ2) is 7.16. The van der Waals surface area contributed by atoms with Crippen molar-refractivity contribution in [1.29, 1.82) is 0 Å². The molecule has 3 aromatic rings. The number of aromatic nitrogens is 2. The van der Waals surface area contributed by atoms with Crippen LogP contribution in [0.3, 0.4) is 0 Å². The Balaban J connectivity index is 1.74. The number of phenolic OH excluding ortho intramolecular Hbond substituents is 1. The molecule has 4 rings (SSSR count). The van der Waals surface area contributed by atoms with Crippen LogP contribution in [0, 0.1) is 15.3 Å². The fourth-order valence-electron chi connectivity index (χ4n) is 3.79. The molecule has 1 saturated carbocycles. The third-order valence-electron chi connectivity index (χ3n) is 5.14. The van der Waals surface area contributed by atoms with Gasteiger partial charge in [-0.3, -0.25) is 14.7 Å². The number of hydrogen-bond donors (Lipinski definition) is 2. The quantitative estimate of drug-likeness (QED) is 0.371. The molecule has 0 bridgehead atoms. The minimum Gasteiger partial charge on any atom is -0.508 e. The van der Waals surface area contributed by atoms with E-state index in [-0.39, 0.29) is 32.4 Å². The van der Waals surface area contributed by atoms with Crippen molar-refractivity contribution in [2.75, 3.05) is 5.32 Å². The minimum atomic E-state index is -0.663. The van der Waals surface area contributed by atoms with Gasteiger partial charge in [-0.25, -0.2) is 0 Å². The molecule has 0 unspecified atom stereocenters. The predicted molar refractivity (Wildman–Crippen MR) is 102 cm³/mol. The molecule has 0 saturated heterocycles. The summed E-state index contributed by atoms with van der Waals surface area (Å²) in [6.45, 7) is 0. The molecule has 1 fully saturated rings. The Hall–Kier alpha value is -3.07. The summed E-state index contributed by atoms with van der Waals surface area (Å²) in [5, 5.41) is 39.9. The highest BCUT2D eigenvalue weighted by atomic mass is 35.5. The van der Waals surface area contributed by atoms with Gasteiger partial charge in [0, 0.05) is 23.0 Å². The van der Waals surface area contributed by atoms with E-state index in [1.807, 2.05) is 6.07 Å². The monoisotopic (exact) mass is 404 g/mol. The fourth-order valence-corrected chi connectivity index (χ4v) is 4.06. The number of nitrogens with one attached hydrogen (secondary N) is 1. The Morgan fingerprint density at radius 2 is 2.04 bits per heavy atom. The minimum absolute atomic E-state index is 0.0260. The van der Waals surface area contributed by atoms with Crippen LogP contribution in [-0.2, 0) is 0 Å². The highest BCUT2D eigenvalue weighted by molar-refractivity contribution is 6.34. The normalized spacial score (nSPS) is 15.0. The maximum Gasteiger partial charge on any atom is 0.316 e. The average molecular weight is 405 g/mol. The van der Waals surface area contributed by atoms with Gasteiger partial charge >= 0.3 is 5.69 Å². The fraction of sp³-hybridized carbons (Fsp3) is 0.333. The first-order valence-corrected chi connectivity index (χ1v) is 9.29. The zero-order valence-corrected chi connectivity index (χ0v) is 15.5. The molecule has 2 N–H and O–H groups in total. The highest BCUT2D eigenvalue weighted by Crippen LogP contribution is 2.41. The zero-order chi connectivity index (χ0) is 19.8. The van der Waals surface area contributed by atoms with E-state index in [4.69, 9.17) is 11.6 Å². The van der Waals surface area contributed by atoms with Gasteiger partial charge in [0.15, 0.2) is 5.69 Å². The number of rotatable bonds is 4. The highest BCUT2D eigenvalue weighted by Gasteiger charge is 2.29. The van der Waals surface area contributed by atoms with Crippen LogP contribution in [0.5, 0.6) is 5.75 Å². The third kappa shape index (κ3) is 3.18. The van der Waals surface area contributed by atoms with Gasteiger partial charge in [-0.15, -0.1) is 0 Å². The van der Waals surface area contributed by atoms with Crippen molar-refractivity contribution in [1.82, 2.24) is 5.16 Å². The SMILES string of the molecule is O=[N+]([O-])c1c(Cl)cc2c(no[n+]2[O-])c1Nc1ccc(C2CCCCC2)c(O)c1. The van der Waals surface area contributed by atoms with Crippen molar-refractivity contribution in [3.05, 3.63) is 50.2 Å². The lowest BCUT2D eigenvalue weighted by atomic mass is 9.83. The number of halogens is 1. The van der Waals surface area contributed by atoms with Gasteiger partial charge in [-0.05, 0) is 35.3 Å². The summed E-state index contributed by atoms with van der Waals surface area (Å²) in [5.74, 6) is 0.432. The first-order chi connectivity index (χ1) is 13.5. The van der Waals surface area contributed by atoms with Crippen LogP contribution in [0.15, 0.2) is 28.9 Å². The number of anilines is 2. The lowest BCUT2D eigenvalue weighted by Crippen LogP contribution is -2.22. The smallest absolute Gasteiger partial charge is 0.316 e. The number of nitro benzene ring substituents is 1. The van der Waals surface area contributed by atoms with Crippen molar-refractivity contribution in [2.45, 2.75) is 38.0 Å². The molecule has 2 aromatic carbocycles. The zero-order valence-electron chi connectivity index (χ0n) is 14.7. The van der Waals surface area contributed by atoms with E-state index < -0.39 is 10.6 Å². The second-order valence-electron chi connectivity index (χ2n) is 6.87. The number of aromatic hydroxyl groups is 1. The van der Waals surface area contributed by atoms with E-state index in [9.17, 15) is 20.4 Å². The number of benzene rings is 2. The molecule has 1 heterocycles. The lowest BCUT2D eigenvalue weighted by molar-refractivity contribution is -0.782. The topological polar surface area (TPSA) is 128 Å². The molecular formula is C18H17ClN4O5. The predicted octanol–water partition coefficient (Wildman–Crippen LogP) is 4.52. The number of hydrogen-bond acceptors (Lipinski definition) is 7. The summed E-state index contributed by atoms with van der Waals surface area (Å²) < 4.78 is 4.55. The molecule has 1 aliphatic rings. The van der Waals surface area contributed by atoms with E-state index in [1.54, 1.807) is 6.07 Å². The average Bonchev–Trinajstić information content (AvgIpc) is 3.03. The van der Waals surface area contributed by atoms with Gasteiger partial charge in [0.2, 0.25) is 5.52 Å². The summed E-state index contributed by atoms with van der Waals surface area (Å²) in [6.07, 6.45) is 5.55. The van der Waals surface area contributed by atoms with E-state index in [1.165, 1.54) is 12.5 Å². The van der Waals surface area contributed by atoms with Crippen LogP contribution < -0.4 is 10.2 Å². The summed E-state index contributed by atoms with van der Waals surface area (Å²) in [7, 11) is 0. The summed E-state index contributed by atoms with van der Waals surface area (Å²) in [6, 6.07) is 6.18. The van der Waals surface area contributed by atoms with Gasteiger partial charge in [-0.1, -0.05) is 36.9 Å². The molecule has 10 heteroatoms. The van der Waals surface area contributed by atoms with E-state index in [0.29, 0.717) is 11.6 Å². The summed E-state index contributed by atoms with van der Waals surface area (Å²) in [5.41, 5.74) is 0.705. The number of nitro groups is 1. The van der Waals surface area contributed by atoms with E-state index in [0.717, 1.165) is 37.3 Å². The Kier molecular flexibility index (Phi) is 4.68. The van der Waals surface area contributed by atoms with Crippen molar-refractivity contribution in [2.24, 2.45) is 0 Å². The summed E-state index contributed by atoms with van der Waals surface area (Å²) in [4.78, 5) is 11.0. The Morgan fingerprint density at radius 1 is 1.29 bits per heavy atom. The van der Waals surface area contributed by atoms with E-state index >= 15 is 0 Å². The van der Waals surface area contributed by atoms with Gasteiger partial charge in [-0.2, -0.15) is 0 Å². The standard InChI is InChI=1S/C18H17ClN4O5/c19-13-9-14-16(21-28-23(14)27)17(18(13)22(25)26)20-11-6-7-12(15(24)8-11)10-4-2-1-3-5-10/h6-10,20,24H,1-5H2. The molecule has 0 amide bonds. The van der Waals surface area contributed by atoms with Gasteiger partial charge in [0.1, 0.15) is 10.8 Å². The first-order valence-electron chi connectivity index (χ1n) is 8.92. The van der Waals surface area contributed by atoms with Crippen molar-refractivity contribution >= 4 is 39.7 Å². The van der Waals surface area contributed by atoms with Gasteiger partial charge < -0.3 is 15.6 Å². The Morgan fingerprint density at radius 3 is 2.71 bits per heavy atom. The second-order valence-corrected chi connectivity index (χ2v) is 7.28. The van der Waals surface area contributed by atoms with Crippen molar-refractivity contribution in [3.63, 3.8) is 0 Å². The Bertz CT molecular complexity index is 1060. The molecule has 0 aliphatic heterocycles. The Labute approximate surface area is 164 Å². The summed E-state index contributed by atoms with van der Waals surface area (Å²) >= 11 is 6.00. The van der Waals surface area contributed by atoms with Crippen LogP contribution in [0.25, 0.3) is 11.0 Å². The van der Waals surface area contributed by atoms with Crippen LogP contribution in [0.2, 0.25) is 5.02 Å². The molecule has 0 spiro atoms. The van der Waals surface area contributed by atoms with Crippen LogP contribution >= 0.6 is 11.6 Å². The van der Waals surface area contributed by atoms with Crippen molar-refractivity contribution < 1.29 is 19.6 Å². The van der Waals surface area contributed by atoms with Gasteiger partial charge in [0.05, 0.1) is 4.92 Å². The van der Waals surface area contributed by atoms with Gasteiger partial charge in [0.25, 0.3) is 5.52 Å². The van der Waals surface area contributed by atoms with Crippen LogP contribution in [0.4, 0.5) is 17.1 Å². The maximum atomic E-state index is 11.7. The first kappa shape index (κ1) is 18.3. The number of nitrogens with zero attached hydrogens (tertiary/aromatic N) is 3. The lowest BCUT2D eigenvalue weighted by Gasteiger charge is -2.23. The molecule has 0 atom stereocenters. The van der Waals surface area contributed by atoms with Crippen LogP contribution in [-0.4, -0.2) is 15.2 Å². The number of phenols is 1. The molecular weight excluding hydrogens is 388 g/mol. The van der Waals surface area contributed by atoms with Crippen molar-refractivity contribution in [3.8, 4) is 5.75 Å². The molecule has 1 aliphatic carbocycles. The largest absolute Gasteiger partial charge is 0.508 e. The maximum absolute atomic E-state index is 11.7. The third-order valence-corrected chi connectivity index (χ3v) is 5.42. The number of fused-ring (bicyclic) bond motifs is 1. The van der Waals surface area contributed by atoms with Crippen LogP contribution in [0.1, 0.15) is 43.6 Å². The molecule has 0 radical (unpaired) electrons.